The SMILES string of the molecule is C=C(/C=C\C)/C=C/C(=O)NC. The fraction of sp³-hybridized carbons (Fsp3) is 0.222. The topological polar surface area (TPSA) is 29.1 Å². The molecule has 0 fully saturated rings. The molecule has 0 spiro atoms. The predicted octanol–water partition coefficient (Wildman–Crippen LogP) is 1.42. The van der Waals surface area contributed by atoms with Crippen molar-refractivity contribution in [3.63, 3.8) is 0 Å². The van der Waals surface area contributed by atoms with E-state index >= 15 is 0 Å². The molecule has 11 heavy (non-hydrogen) atoms. The van der Waals surface area contributed by atoms with Crippen molar-refractivity contribution < 1.29 is 4.79 Å². The van der Waals surface area contributed by atoms with Gasteiger partial charge in [-0.25, -0.2) is 0 Å². The summed E-state index contributed by atoms with van der Waals surface area (Å²) in [5, 5.41) is 2.47. The van der Waals surface area contributed by atoms with Gasteiger partial charge in [-0.2, -0.15) is 0 Å². The Morgan fingerprint density at radius 2 is 2.00 bits per heavy atom. The van der Waals surface area contributed by atoms with Crippen molar-refractivity contribution in [1.82, 2.24) is 5.32 Å². The zero-order valence-corrected chi connectivity index (χ0v) is 6.92. The molecule has 0 heterocycles. The van der Waals surface area contributed by atoms with Gasteiger partial charge in [-0.15, -0.1) is 0 Å². The minimum Gasteiger partial charge on any atom is -0.356 e. The molecule has 0 aromatic carbocycles. The maximum Gasteiger partial charge on any atom is 0.243 e. The van der Waals surface area contributed by atoms with E-state index in [0.29, 0.717) is 0 Å². The number of allylic oxidation sites excluding steroid dienone is 4. The third-order valence-corrected chi connectivity index (χ3v) is 1.08. The number of carbonyl (C=O) groups is 1. The number of nitrogens with one attached hydrogen (secondary N) is 1. The van der Waals surface area contributed by atoms with Gasteiger partial charge in [0.25, 0.3) is 0 Å². The van der Waals surface area contributed by atoms with Gasteiger partial charge in [0.05, 0.1) is 0 Å². The first-order valence-corrected chi connectivity index (χ1v) is 3.42. The Morgan fingerprint density at radius 1 is 1.36 bits per heavy atom. The fourth-order valence-electron chi connectivity index (χ4n) is 0.536. The number of hydrogen-bond acceptors (Lipinski definition) is 1. The number of rotatable bonds is 3. The summed E-state index contributed by atoms with van der Waals surface area (Å²) in [4.78, 5) is 10.7. The van der Waals surface area contributed by atoms with Crippen LogP contribution in [0.3, 0.4) is 0 Å². The van der Waals surface area contributed by atoms with Gasteiger partial charge in [-0.05, 0) is 12.5 Å². The molecule has 0 saturated heterocycles. The molecule has 0 saturated carbocycles. The van der Waals surface area contributed by atoms with Crippen LogP contribution in [0.2, 0.25) is 0 Å². The van der Waals surface area contributed by atoms with Crippen LogP contribution in [0, 0.1) is 0 Å². The Bertz CT molecular complexity index is 202. The predicted molar refractivity (Wildman–Crippen MR) is 47.2 cm³/mol. The minimum absolute atomic E-state index is 0.115. The molecular weight excluding hydrogens is 138 g/mol. The van der Waals surface area contributed by atoms with Crippen LogP contribution in [0.1, 0.15) is 6.92 Å². The van der Waals surface area contributed by atoms with E-state index in [2.05, 4.69) is 11.9 Å². The standard InChI is InChI=1S/C9H13NO/c1-4-5-8(2)6-7-9(11)10-3/h4-7H,2H2,1,3H3,(H,10,11)/b5-4-,7-6+. The quantitative estimate of drug-likeness (QED) is 0.479. The van der Waals surface area contributed by atoms with Crippen molar-refractivity contribution in [3.05, 3.63) is 36.5 Å². The van der Waals surface area contributed by atoms with E-state index in [0.717, 1.165) is 5.57 Å². The summed E-state index contributed by atoms with van der Waals surface area (Å²) in [5.74, 6) is -0.115. The van der Waals surface area contributed by atoms with Gasteiger partial charge in [0.2, 0.25) is 5.91 Å². The summed E-state index contributed by atoms with van der Waals surface area (Å²) in [6, 6.07) is 0. The number of likely N-dealkylation sites (N-methyl/N-ethyl adjacent to an activating group) is 1. The molecule has 0 aliphatic rings. The molecule has 0 aromatic heterocycles. The van der Waals surface area contributed by atoms with Crippen molar-refractivity contribution in [2.24, 2.45) is 0 Å². The monoisotopic (exact) mass is 151 g/mol. The first-order chi connectivity index (χ1) is 5.20. The summed E-state index contributed by atoms with van der Waals surface area (Å²) >= 11 is 0. The third-order valence-electron chi connectivity index (χ3n) is 1.08. The second kappa shape index (κ2) is 5.47. The highest BCUT2D eigenvalue weighted by Crippen LogP contribution is 1.93. The maximum atomic E-state index is 10.7. The van der Waals surface area contributed by atoms with Crippen LogP contribution in [0.4, 0.5) is 0 Å². The second-order valence-electron chi connectivity index (χ2n) is 2.02. The van der Waals surface area contributed by atoms with E-state index in [1.165, 1.54) is 6.08 Å². The highest BCUT2D eigenvalue weighted by molar-refractivity contribution is 5.87. The Morgan fingerprint density at radius 3 is 2.45 bits per heavy atom. The summed E-state index contributed by atoms with van der Waals surface area (Å²) in [6.07, 6.45) is 6.82. The van der Waals surface area contributed by atoms with Gasteiger partial charge in [0, 0.05) is 13.1 Å². The Balaban J connectivity index is 3.93. The molecular formula is C9H13NO. The normalized spacial score (nSPS) is 10.7. The number of carbonyl (C=O) groups excluding carboxylic acids is 1. The van der Waals surface area contributed by atoms with Crippen LogP contribution in [0.5, 0.6) is 0 Å². The minimum atomic E-state index is -0.115. The van der Waals surface area contributed by atoms with Crippen LogP contribution < -0.4 is 5.32 Å². The number of amides is 1. The molecule has 0 bridgehead atoms. The lowest BCUT2D eigenvalue weighted by atomic mass is 10.2. The molecule has 1 N–H and O–H groups in total. The molecule has 2 heteroatoms. The molecule has 0 aliphatic heterocycles. The lowest BCUT2D eigenvalue weighted by Crippen LogP contribution is -2.13. The highest BCUT2D eigenvalue weighted by Gasteiger charge is 1.86. The van der Waals surface area contributed by atoms with Crippen molar-refractivity contribution >= 4 is 5.91 Å². The molecule has 0 rings (SSSR count). The van der Waals surface area contributed by atoms with Crippen molar-refractivity contribution in [3.8, 4) is 0 Å². The molecule has 0 aromatic rings. The van der Waals surface area contributed by atoms with Crippen LogP contribution in [0.25, 0.3) is 0 Å². The highest BCUT2D eigenvalue weighted by atomic mass is 16.1. The van der Waals surface area contributed by atoms with Gasteiger partial charge < -0.3 is 5.32 Å². The van der Waals surface area contributed by atoms with E-state index in [1.807, 2.05) is 19.1 Å². The Hall–Kier alpha value is -1.31. The summed E-state index contributed by atoms with van der Waals surface area (Å²) < 4.78 is 0. The van der Waals surface area contributed by atoms with E-state index in [-0.39, 0.29) is 5.91 Å². The van der Waals surface area contributed by atoms with Gasteiger partial charge in [0.1, 0.15) is 0 Å². The van der Waals surface area contributed by atoms with Gasteiger partial charge >= 0.3 is 0 Å². The molecule has 1 amide bonds. The van der Waals surface area contributed by atoms with Crippen LogP contribution in [-0.4, -0.2) is 13.0 Å². The van der Waals surface area contributed by atoms with Crippen LogP contribution >= 0.6 is 0 Å². The Labute approximate surface area is 67.3 Å². The Kier molecular flexibility index (Phi) is 4.82. The molecule has 0 aliphatic carbocycles. The van der Waals surface area contributed by atoms with Gasteiger partial charge in [-0.1, -0.05) is 24.8 Å². The average Bonchev–Trinajstić information content (AvgIpc) is 2.01. The van der Waals surface area contributed by atoms with Gasteiger partial charge in [-0.3, -0.25) is 4.79 Å². The maximum absolute atomic E-state index is 10.7. The molecule has 0 radical (unpaired) electrons. The van der Waals surface area contributed by atoms with E-state index in [9.17, 15) is 4.79 Å². The third kappa shape index (κ3) is 5.15. The lowest BCUT2D eigenvalue weighted by molar-refractivity contribution is -0.116. The van der Waals surface area contributed by atoms with E-state index in [4.69, 9.17) is 0 Å². The second-order valence-corrected chi connectivity index (χ2v) is 2.02. The van der Waals surface area contributed by atoms with E-state index < -0.39 is 0 Å². The first kappa shape index (κ1) is 9.69. The van der Waals surface area contributed by atoms with Crippen molar-refractivity contribution in [2.45, 2.75) is 6.92 Å². The van der Waals surface area contributed by atoms with Crippen LogP contribution in [-0.2, 0) is 4.79 Å². The zero-order chi connectivity index (χ0) is 8.69. The summed E-state index contributed by atoms with van der Waals surface area (Å²) in [5.41, 5.74) is 0.816. The molecule has 60 valence electrons. The molecule has 0 unspecified atom stereocenters. The van der Waals surface area contributed by atoms with Crippen LogP contribution in [0.15, 0.2) is 36.5 Å². The van der Waals surface area contributed by atoms with E-state index in [1.54, 1.807) is 13.1 Å². The zero-order valence-electron chi connectivity index (χ0n) is 6.92. The van der Waals surface area contributed by atoms with Crippen molar-refractivity contribution in [1.29, 1.82) is 0 Å². The molecule has 2 nitrogen and oxygen atoms in total. The number of hydrogen-bond donors (Lipinski definition) is 1. The smallest absolute Gasteiger partial charge is 0.243 e. The average molecular weight is 151 g/mol. The fourth-order valence-corrected chi connectivity index (χ4v) is 0.536. The summed E-state index contributed by atoms with van der Waals surface area (Å²) in [6.45, 7) is 5.60. The molecule has 0 atom stereocenters. The van der Waals surface area contributed by atoms with Crippen molar-refractivity contribution in [2.75, 3.05) is 7.05 Å². The summed E-state index contributed by atoms with van der Waals surface area (Å²) in [7, 11) is 1.59. The largest absolute Gasteiger partial charge is 0.356 e. The first-order valence-electron chi connectivity index (χ1n) is 3.42. The lowest BCUT2D eigenvalue weighted by Gasteiger charge is -1.89. The van der Waals surface area contributed by atoms with Gasteiger partial charge in [0.15, 0.2) is 0 Å².